The molecule has 0 aromatic heterocycles. The number of hydrogen-bond acceptors (Lipinski definition) is 6. The molecule has 0 fully saturated rings. The minimum absolute atomic E-state index is 0.182. The zero-order valence-electron chi connectivity index (χ0n) is 14.4. The monoisotopic (exact) mass is 370 g/mol. The molecule has 0 bridgehead atoms. The Morgan fingerprint density at radius 2 is 2.08 bits per heavy atom. The summed E-state index contributed by atoms with van der Waals surface area (Å²) in [5, 5.41) is 2.64. The third-order valence-electron chi connectivity index (χ3n) is 3.73. The number of benzene rings is 1. The van der Waals surface area contributed by atoms with Gasteiger partial charge in [0.15, 0.2) is 6.61 Å². The SMILES string of the molecule is COCC(C)NC(=O)COC(=O)c1ccc2c(c1)CCN2S(C)(=O)=O. The first-order valence-corrected chi connectivity index (χ1v) is 9.63. The van der Waals surface area contributed by atoms with Gasteiger partial charge < -0.3 is 14.8 Å². The molecule has 1 amide bonds. The number of hydrogen-bond donors (Lipinski definition) is 1. The van der Waals surface area contributed by atoms with Gasteiger partial charge in [-0.05, 0) is 37.1 Å². The van der Waals surface area contributed by atoms with Gasteiger partial charge in [-0.25, -0.2) is 13.2 Å². The third-order valence-corrected chi connectivity index (χ3v) is 4.91. The molecule has 1 unspecified atom stereocenters. The van der Waals surface area contributed by atoms with Crippen molar-refractivity contribution in [2.75, 3.05) is 37.4 Å². The minimum Gasteiger partial charge on any atom is -0.452 e. The van der Waals surface area contributed by atoms with Crippen LogP contribution in [0.15, 0.2) is 18.2 Å². The van der Waals surface area contributed by atoms with Gasteiger partial charge in [0.1, 0.15) is 0 Å². The van der Waals surface area contributed by atoms with Gasteiger partial charge in [-0.2, -0.15) is 0 Å². The Morgan fingerprint density at radius 1 is 1.36 bits per heavy atom. The van der Waals surface area contributed by atoms with Crippen LogP contribution >= 0.6 is 0 Å². The summed E-state index contributed by atoms with van der Waals surface area (Å²) >= 11 is 0. The Labute approximate surface area is 147 Å². The average Bonchev–Trinajstić information content (AvgIpc) is 2.95. The lowest BCUT2D eigenvalue weighted by Gasteiger charge is -2.16. The molecule has 9 heteroatoms. The highest BCUT2D eigenvalue weighted by Crippen LogP contribution is 2.30. The van der Waals surface area contributed by atoms with Crippen molar-refractivity contribution < 1.29 is 27.5 Å². The maximum Gasteiger partial charge on any atom is 0.338 e. The van der Waals surface area contributed by atoms with Gasteiger partial charge in [-0.15, -0.1) is 0 Å². The molecule has 1 aliphatic rings. The number of fused-ring (bicyclic) bond motifs is 1. The third kappa shape index (κ3) is 4.93. The molecule has 1 N–H and O–H groups in total. The highest BCUT2D eigenvalue weighted by Gasteiger charge is 2.27. The van der Waals surface area contributed by atoms with E-state index in [0.717, 1.165) is 11.8 Å². The van der Waals surface area contributed by atoms with Gasteiger partial charge in [0.2, 0.25) is 10.0 Å². The molecular weight excluding hydrogens is 348 g/mol. The van der Waals surface area contributed by atoms with E-state index >= 15 is 0 Å². The van der Waals surface area contributed by atoms with Crippen molar-refractivity contribution in [1.82, 2.24) is 5.32 Å². The highest BCUT2D eigenvalue weighted by molar-refractivity contribution is 7.92. The van der Waals surface area contributed by atoms with Gasteiger partial charge in [-0.1, -0.05) is 0 Å². The predicted octanol–water partition coefficient (Wildman–Crippen LogP) is 0.317. The lowest BCUT2D eigenvalue weighted by atomic mass is 10.1. The van der Waals surface area contributed by atoms with Gasteiger partial charge in [0, 0.05) is 19.7 Å². The molecule has 1 atom stereocenters. The van der Waals surface area contributed by atoms with E-state index in [0.29, 0.717) is 25.3 Å². The zero-order chi connectivity index (χ0) is 18.6. The fraction of sp³-hybridized carbons (Fsp3) is 0.500. The van der Waals surface area contributed by atoms with Crippen molar-refractivity contribution in [1.29, 1.82) is 0 Å². The molecule has 0 saturated carbocycles. The van der Waals surface area contributed by atoms with Crippen LogP contribution < -0.4 is 9.62 Å². The fourth-order valence-electron chi connectivity index (χ4n) is 2.67. The van der Waals surface area contributed by atoms with Crippen LogP contribution in [-0.2, 0) is 30.7 Å². The predicted molar refractivity (Wildman–Crippen MR) is 92.1 cm³/mol. The summed E-state index contributed by atoms with van der Waals surface area (Å²) in [6, 6.07) is 4.50. The summed E-state index contributed by atoms with van der Waals surface area (Å²) in [6.07, 6.45) is 1.67. The number of anilines is 1. The number of carbonyl (C=O) groups is 2. The summed E-state index contributed by atoms with van der Waals surface area (Å²) in [5.74, 6) is -1.04. The second-order valence-corrected chi connectivity index (χ2v) is 7.84. The van der Waals surface area contributed by atoms with Crippen LogP contribution in [0.4, 0.5) is 5.69 Å². The number of carbonyl (C=O) groups excluding carboxylic acids is 2. The van der Waals surface area contributed by atoms with Gasteiger partial charge in [0.25, 0.3) is 5.91 Å². The molecule has 0 saturated heterocycles. The molecule has 138 valence electrons. The van der Waals surface area contributed by atoms with Crippen LogP contribution in [0.2, 0.25) is 0 Å². The zero-order valence-corrected chi connectivity index (χ0v) is 15.3. The smallest absolute Gasteiger partial charge is 0.338 e. The largest absolute Gasteiger partial charge is 0.452 e. The molecule has 0 aliphatic carbocycles. The first kappa shape index (κ1) is 19.2. The summed E-state index contributed by atoms with van der Waals surface area (Å²) in [7, 11) is -1.80. The number of nitrogens with one attached hydrogen (secondary N) is 1. The van der Waals surface area contributed by atoms with Crippen LogP contribution in [0, 0.1) is 0 Å². The molecule has 1 heterocycles. The number of ether oxygens (including phenoxy) is 2. The van der Waals surface area contributed by atoms with Crippen LogP contribution in [0.5, 0.6) is 0 Å². The van der Waals surface area contributed by atoms with Crippen molar-refractivity contribution in [3.05, 3.63) is 29.3 Å². The van der Waals surface area contributed by atoms with E-state index in [9.17, 15) is 18.0 Å². The number of rotatable bonds is 7. The summed E-state index contributed by atoms with van der Waals surface area (Å²) < 4.78 is 34.6. The normalized spacial score (nSPS) is 14.8. The van der Waals surface area contributed by atoms with E-state index in [1.54, 1.807) is 19.1 Å². The summed E-state index contributed by atoms with van der Waals surface area (Å²) in [4.78, 5) is 23.8. The van der Waals surface area contributed by atoms with Crippen LogP contribution in [0.3, 0.4) is 0 Å². The first-order valence-electron chi connectivity index (χ1n) is 7.78. The Balaban J connectivity index is 1.97. The second kappa shape index (κ2) is 7.83. The number of nitrogens with zero attached hydrogens (tertiary/aromatic N) is 1. The Kier molecular flexibility index (Phi) is 6.02. The summed E-state index contributed by atoms with van der Waals surface area (Å²) in [5.41, 5.74) is 1.62. The molecule has 2 rings (SSSR count). The maximum atomic E-state index is 12.1. The van der Waals surface area contributed by atoms with E-state index < -0.39 is 21.9 Å². The number of amides is 1. The molecule has 1 aromatic carbocycles. The van der Waals surface area contributed by atoms with E-state index in [2.05, 4.69) is 5.32 Å². The minimum atomic E-state index is -3.33. The quantitative estimate of drug-likeness (QED) is 0.694. The van der Waals surface area contributed by atoms with E-state index in [-0.39, 0.29) is 18.2 Å². The number of methoxy groups -OCH3 is 1. The van der Waals surface area contributed by atoms with Crippen molar-refractivity contribution in [2.24, 2.45) is 0 Å². The first-order chi connectivity index (χ1) is 11.7. The van der Waals surface area contributed by atoms with Crippen molar-refractivity contribution >= 4 is 27.6 Å². The topological polar surface area (TPSA) is 102 Å². The summed E-state index contributed by atoms with van der Waals surface area (Å²) in [6.45, 7) is 2.10. The van der Waals surface area contributed by atoms with E-state index in [1.165, 1.54) is 17.5 Å². The fourth-order valence-corrected chi connectivity index (χ4v) is 3.62. The van der Waals surface area contributed by atoms with E-state index in [1.807, 2.05) is 0 Å². The van der Waals surface area contributed by atoms with Crippen LogP contribution in [0.1, 0.15) is 22.8 Å². The van der Waals surface area contributed by atoms with Crippen molar-refractivity contribution in [3.8, 4) is 0 Å². The molecule has 0 radical (unpaired) electrons. The molecule has 1 aliphatic heterocycles. The Bertz CT molecular complexity index is 762. The van der Waals surface area contributed by atoms with Crippen LogP contribution in [-0.4, -0.2) is 59.5 Å². The molecule has 8 nitrogen and oxygen atoms in total. The number of esters is 1. The lowest BCUT2D eigenvalue weighted by Crippen LogP contribution is -2.38. The van der Waals surface area contributed by atoms with Crippen molar-refractivity contribution in [3.63, 3.8) is 0 Å². The van der Waals surface area contributed by atoms with Crippen LogP contribution in [0.25, 0.3) is 0 Å². The maximum absolute atomic E-state index is 12.1. The van der Waals surface area contributed by atoms with Gasteiger partial charge in [-0.3, -0.25) is 9.10 Å². The molecule has 0 spiro atoms. The second-order valence-electron chi connectivity index (χ2n) is 5.93. The van der Waals surface area contributed by atoms with E-state index in [4.69, 9.17) is 9.47 Å². The molecule has 25 heavy (non-hydrogen) atoms. The standard InChI is InChI=1S/C16H22N2O6S/c1-11(9-23-2)17-15(19)10-24-16(20)13-4-5-14-12(8-13)6-7-18(14)25(3,21)22/h4-5,8,11H,6-7,9-10H2,1-3H3,(H,17,19). The lowest BCUT2D eigenvalue weighted by molar-refractivity contribution is -0.125. The van der Waals surface area contributed by atoms with Crippen molar-refractivity contribution in [2.45, 2.75) is 19.4 Å². The van der Waals surface area contributed by atoms with Gasteiger partial charge in [0.05, 0.1) is 24.1 Å². The molecule has 1 aromatic rings. The average molecular weight is 370 g/mol. The number of sulfonamides is 1. The Morgan fingerprint density at radius 3 is 2.72 bits per heavy atom. The van der Waals surface area contributed by atoms with Gasteiger partial charge >= 0.3 is 5.97 Å². The highest BCUT2D eigenvalue weighted by atomic mass is 32.2. The Hall–Kier alpha value is -2.13. The molecular formula is C16H22N2O6S.